The number of thiol groups is 1. The van der Waals surface area contributed by atoms with E-state index >= 15 is 0 Å². The fraction of sp³-hybridized carbons (Fsp3) is 0.500. The largest absolute Gasteiger partial charge is 0.395 e. The molecule has 1 aromatic carbocycles. The van der Waals surface area contributed by atoms with E-state index in [-0.39, 0.29) is 29.1 Å². The molecule has 0 radical (unpaired) electrons. The zero-order valence-electron chi connectivity index (χ0n) is 11.2. The Bertz CT molecular complexity index is 382. The van der Waals surface area contributed by atoms with E-state index in [0.717, 1.165) is 5.56 Å². The van der Waals surface area contributed by atoms with E-state index in [1.807, 2.05) is 43.5 Å². The zero-order chi connectivity index (χ0) is 14.3. The smallest absolute Gasteiger partial charge is 0.233 e. The number of rotatable bonds is 7. The highest BCUT2D eigenvalue weighted by Gasteiger charge is 2.21. The molecule has 3 atom stereocenters. The van der Waals surface area contributed by atoms with Gasteiger partial charge in [0, 0.05) is 11.3 Å². The Morgan fingerprint density at radius 2 is 2.05 bits per heavy atom. The number of carbonyl (C=O) groups is 1. The number of benzene rings is 1. The van der Waals surface area contributed by atoms with Crippen molar-refractivity contribution < 1.29 is 9.90 Å². The van der Waals surface area contributed by atoms with Gasteiger partial charge in [-0.1, -0.05) is 30.3 Å². The molecule has 0 aromatic heterocycles. The maximum absolute atomic E-state index is 12.0. The van der Waals surface area contributed by atoms with E-state index in [1.54, 1.807) is 11.8 Å². The molecule has 0 heterocycles. The lowest BCUT2D eigenvalue weighted by molar-refractivity contribution is -0.121. The molecular weight excluding hydrogens is 278 g/mol. The van der Waals surface area contributed by atoms with E-state index in [1.165, 1.54) is 0 Å². The number of amides is 1. The average molecular weight is 299 g/mol. The van der Waals surface area contributed by atoms with Crippen LogP contribution in [0.15, 0.2) is 30.3 Å². The first-order valence-corrected chi connectivity index (χ1v) is 8.05. The van der Waals surface area contributed by atoms with Gasteiger partial charge < -0.3 is 10.4 Å². The van der Waals surface area contributed by atoms with Crippen LogP contribution in [-0.2, 0) is 11.2 Å². The number of aliphatic hydroxyl groups is 1. The van der Waals surface area contributed by atoms with E-state index < -0.39 is 0 Å². The van der Waals surface area contributed by atoms with Gasteiger partial charge in [-0.2, -0.15) is 24.4 Å². The van der Waals surface area contributed by atoms with E-state index in [2.05, 4.69) is 17.9 Å². The van der Waals surface area contributed by atoms with Crippen molar-refractivity contribution in [2.45, 2.75) is 29.9 Å². The lowest BCUT2D eigenvalue weighted by Crippen LogP contribution is -2.44. The Morgan fingerprint density at radius 3 is 2.58 bits per heavy atom. The van der Waals surface area contributed by atoms with E-state index in [0.29, 0.717) is 6.42 Å². The van der Waals surface area contributed by atoms with Crippen LogP contribution in [0.3, 0.4) is 0 Å². The summed E-state index contributed by atoms with van der Waals surface area (Å²) in [6, 6.07) is 9.75. The van der Waals surface area contributed by atoms with Crippen molar-refractivity contribution in [1.82, 2.24) is 5.32 Å². The molecule has 19 heavy (non-hydrogen) atoms. The summed E-state index contributed by atoms with van der Waals surface area (Å²) in [4.78, 5) is 12.0. The van der Waals surface area contributed by atoms with Crippen molar-refractivity contribution in [3.05, 3.63) is 35.9 Å². The van der Waals surface area contributed by atoms with Gasteiger partial charge in [-0.15, -0.1) is 0 Å². The molecule has 3 nitrogen and oxygen atoms in total. The molecule has 106 valence electrons. The molecule has 0 bridgehead atoms. The summed E-state index contributed by atoms with van der Waals surface area (Å²) in [5, 5.41) is 11.7. The minimum atomic E-state index is -0.369. The number of hydrogen-bond donors (Lipinski definition) is 3. The monoisotopic (exact) mass is 299 g/mol. The highest BCUT2D eigenvalue weighted by molar-refractivity contribution is 7.99. The third-order valence-electron chi connectivity index (χ3n) is 2.98. The SMILES string of the molecule is CSC(CO)C(C)NC(=O)C(S)Cc1ccccc1. The standard InChI is InChI=1S/C14H21NO2S2/c1-10(13(9-16)19-2)15-14(17)12(18)8-11-6-4-3-5-7-11/h3-7,10,12-13,16,18H,8-9H2,1-2H3,(H,15,17). The quantitative estimate of drug-likeness (QED) is 0.672. The number of thioether (sulfide) groups is 1. The van der Waals surface area contributed by atoms with Crippen LogP contribution in [0, 0.1) is 0 Å². The summed E-state index contributed by atoms with van der Waals surface area (Å²) in [6.45, 7) is 1.96. The van der Waals surface area contributed by atoms with Crippen molar-refractivity contribution in [3.8, 4) is 0 Å². The van der Waals surface area contributed by atoms with Gasteiger partial charge in [0.25, 0.3) is 0 Å². The fourth-order valence-electron chi connectivity index (χ4n) is 1.78. The predicted octanol–water partition coefficient (Wildman–Crippen LogP) is 1.76. The molecule has 1 amide bonds. The molecule has 1 aromatic rings. The Kier molecular flexibility index (Phi) is 7.34. The summed E-state index contributed by atoms with van der Waals surface area (Å²) < 4.78 is 0. The fourth-order valence-corrected chi connectivity index (χ4v) is 2.69. The molecule has 0 saturated carbocycles. The lowest BCUT2D eigenvalue weighted by Gasteiger charge is -2.23. The van der Waals surface area contributed by atoms with Gasteiger partial charge in [0.1, 0.15) is 0 Å². The minimum Gasteiger partial charge on any atom is -0.395 e. The summed E-state index contributed by atoms with van der Waals surface area (Å²) in [5.41, 5.74) is 1.09. The van der Waals surface area contributed by atoms with Crippen molar-refractivity contribution in [1.29, 1.82) is 0 Å². The molecule has 0 fully saturated rings. The zero-order valence-corrected chi connectivity index (χ0v) is 13.0. The van der Waals surface area contributed by atoms with Gasteiger partial charge >= 0.3 is 0 Å². The third kappa shape index (κ3) is 5.47. The van der Waals surface area contributed by atoms with Crippen molar-refractivity contribution >= 4 is 30.3 Å². The Morgan fingerprint density at radius 1 is 1.42 bits per heavy atom. The number of hydrogen-bond acceptors (Lipinski definition) is 4. The first-order valence-electron chi connectivity index (χ1n) is 6.24. The minimum absolute atomic E-state index is 0.0150. The van der Waals surface area contributed by atoms with Crippen LogP contribution < -0.4 is 5.32 Å². The second-order valence-electron chi connectivity index (χ2n) is 4.46. The van der Waals surface area contributed by atoms with Gasteiger partial charge in [0.2, 0.25) is 5.91 Å². The maximum Gasteiger partial charge on any atom is 0.233 e. The predicted molar refractivity (Wildman–Crippen MR) is 84.9 cm³/mol. The van der Waals surface area contributed by atoms with E-state index in [4.69, 9.17) is 0 Å². The number of carbonyl (C=O) groups excluding carboxylic acids is 1. The summed E-state index contributed by atoms with van der Waals surface area (Å²) in [5.74, 6) is -0.0906. The molecule has 0 aliphatic heterocycles. The van der Waals surface area contributed by atoms with Crippen molar-refractivity contribution in [2.75, 3.05) is 12.9 Å². The highest BCUT2D eigenvalue weighted by atomic mass is 32.2. The van der Waals surface area contributed by atoms with Crippen LogP contribution in [0.2, 0.25) is 0 Å². The topological polar surface area (TPSA) is 49.3 Å². The highest BCUT2D eigenvalue weighted by Crippen LogP contribution is 2.12. The molecule has 0 aliphatic carbocycles. The summed E-state index contributed by atoms with van der Waals surface area (Å²) in [7, 11) is 0. The van der Waals surface area contributed by atoms with Gasteiger partial charge in [0.05, 0.1) is 11.9 Å². The molecule has 3 unspecified atom stereocenters. The van der Waals surface area contributed by atoms with Gasteiger partial charge in [-0.05, 0) is 25.2 Å². The maximum atomic E-state index is 12.0. The number of nitrogens with one attached hydrogen (secondary N) is 1. The van der Waals surface area contributed by atoms with Crippen LogP contribution in [0.1, 0.15) is 12.5 Å². The molecule has 5 heteroatoms. The normalized spacial score (nSPS) is 15.6. The van der Waals surface area contributed by atoms with Gasteiger partial charge in [0.15, 0.2) is 0 Å². The summed E-state index contributed by atoms with van der Waals surface area (Å²) >= 11 is 5.90. The Balaban J connectivity index is 2.49. The molecule has 2 N–H and O–H groups in total. The van der Waals surface area contributed by atoms with Gasteiger partial charge in [-0.3, -0.25) is 4.79 Å². The summed E-state index contributed by atoms with van der Waals surface area (Å²) in [6.07, 6.45) is 2.53. The number of aliphatic hydroxyl groups excluding tert-OH is 1. The lowest BCUT2D eigenvalue weighted by atomic mass is 10.1. The molecule has 0 saturated heterocycles. The van der Waals surface area contributed by atoms with Crippen LogP contribution in [0.25, 0.3) is 0 Å². The Labute approximate surface area is 124 Å². The van der Waals surface area contributed by atoms with Crippen LogP contribution in [0.4, 0.5) is 0 Å². The van der Waals surface area contributed by atoms with E-state index in [9.17, 15) is 9.90 Å². The second-order valence-corrected chi connectivity index (χ2v) is 6.16. The third-order valence-corrected chi connectivity index (χ3v) is 4.56. The Hall–Kier alpha value is -0.650. The molecule has 1 rings (SSSR count). The average Bonchev–Trinajstić information content (AvgIpc) is 2.41. The first-order chi connectivity index (χ1) is 9.08. The van der Waals surface area contributed by atoms with Gasteiger partial charge in [-0.25, -0.2) is 0 Å². The van der Waals surface area contributed by atoms with Crippen molar-refractivity contribution in [3.63, 3.8) is 0 Å². The second kappa shape index (κ2) is 8.51. The van der Waals surface area contributed by atoms with Crippen LogP contribution in [-0.4, -0.2) is 40.4 Å². The van der Waals surface area contributed by atoms with Crippen molar-refractivity contribution in [2.24, 2.45) is 0 Å². The van der Waals surface area contributed by atoms with Crippen LogP contribution in [0.5, 0.6) is 0 Å². The molecule has 0 spiro atoms. The molecule has 0 aliphatic rings. The molecular formula is C14H21NO2S2. The first kappa shape index (κ1) is 16.4. The van der Waals surface area contributed by atoms with Crippen LogP contribution >= 0.6 is 24.4 Å².